The number of carboxylic acids is 1. The summed E-state index contributed by atoms with van der Waals surface area (Å²) in [5, 5.41) is 13.0. The van der Waals surface area contributed by atoms with Crippen LogP contribution in [0.1, 0.15) is 5.56 Å². The SMILES string of the molecule is O=C(O)C=Cc1cccc(Nc2ccc3ccccc3n2)c1. The number of aliphatic carboxylic acids is 1. The summed E-state index contributed by atoms with van der Waals surface area (Å²) in [4.78, 5) is 15.1. The summed E-state index contributed by atoms with van der Waals surface area (Å²) in [7, 11) is 0. The molecule has 1 heterocycles. The monoisotopic (exact) mass is 290 g/mol. The molecule has 0 fully saturated rings. The number of hydrogen-bond donors (Lipinski definition) is 2. The molecule has 108 valence electrons. The first-order valence-corrected chi connectivity index (χ1v) is 6.85. The molecule has 0 saturated heterocycles. The van der Waals surface area contributed by atoms with Gasteiger partial charge in [0.1, 0.15) is 5.82 Å². The Morgan fingerprint density at radius 1 is 1.05 bits per heavy atom. The van der Waals surface area contributed by atoms with Crippen molar-refractivity contribution < 1.29 is 9.90 Å². The van der Waals surface area contributed by atoms with Crippen molar-refractivity contribution in [3.63, 3.8) is 0 Å². The molecule has 0 radical (unpaired) electrons. The number of benzene rings is 2. The summed E-state index contributed by atoms with van der Waals surface area (Å²) in [6.07, 6.45) is 2.68. The van der Waals surface area contributed by atoms with Crippen LogP contribution in [0.4, 0.5) is 11.5 Å². The molecule has 0 amide bonds. The van der Waals surface area contributed by atoms with Gasteiger partial charge in [0, 0.05) is 17.1 Å². The number of fused-ring (bicyclic) bond motifs is 1. The second-order valence-corrected chi connectivity index (χ2v) is 4.81. The van der Waals surface area contributed by atoms with Gasteiger partial charge in [-0.25, -0.2) is 9.78 Å². The van der Waals surface area contributed by atoms with Gasteiger partial charge in [0.15, 0.2) is 0 Å². The number of nitrogens with zero attached hydrogens (tertiary/aromatic N) is 1. The first kappa shape index (κ1) is 13.8. The third-order valence-electron chi connectivity index (χ3n) is 3.18. The maximum absolute atomic E-state index is 10.6. The molecule has 3 aromatic rings. The van der Waals surface area contributed by atoms with Crippen molar-refractivity contribution in [2.75, 3.05) is 5.32 Å². The van der Waals surface area contributed by atoms with Crippen LogP contribution >= 0.6 is 0 Å². The Morgan fingerprint density at radius 3 is 2.77 bits per heavy atom. The number of anilines is 2. The Labute approximate surface area is 127 Å². The normalized spacial score (nSPS) is 10.9. The highest BCUT2D eigenvalue weighted by molar-refractivity contribution is 5.85. The zero-order valence-electron chi connectivity index (χ0n) is 11.7. The molecular weight excluding hydrogens is 276 g/mol. The average Bonchev–Trinajstić information content (AvgIpc) is 2.53. The second-order valence-electron chi connectivity index (χ2n) is 4.81. The highest BCUT2D eigenvalue weighted by atomic mass is 16.4. The fourth-order valence-corrected chi connectivity index (χ4v) is 2.17. The molecule has 2 aromatic carbocycles. The standard InChI is InChI=1S/C18H14N2O2/c21-18(22)11-8-13-4-3-6-15(12-13)19-17-10-9-14-5-1-2-7-16(14)20-17/h1-12H,(H,19,20)(H,21,22). The van der Waals surface area contributed by atoms with Crippen molar-refractivity contribution in [3.8, 4) is 0 Å². The minimum atomic E-state index is -0.963. The summed E-state index contributed by atoms with van der Waals surface area (Å²) in [6.45, 7) is 0. The lowest BCUT2D eigenvalue weighted by Gasteiger charge is -2.07. The van der Waals surface area contributed by atoms with Gasteiger partial charge in [0.25, 0.3) is 0 Å². The van der Waals surface area contributed by atoms with Crippen molar-refractivity contribution in [1.82, 2.24) is 4.98 Å². The predicted octanol–water partition coefficient (Wildman–Crippen LogP) is 4.08. The van der Waals surface area contributed by atoms with E-state index in [0.29, 0.717) is 0 Å². The topological polar surface area (TPSA) is 62.2 Å². The van der Waals surface area contributed by atoms with Crippen molar-refractivity contribution in [2.24, 2.45) is 0 Å². The van der Waals surface area contributed by atoms with Gasteiger partial charge in [0.05, 0.1) is 5.52 Å². The number of carboxylic acid groups (broad SMARTS) is 1. The number of nitrogens with one attached hydrogen (secondary N) is 1. The molecule has 4 nitrogen and oxygen atoms in total. The highest BCUT2D eigenvalue weighted by Crippen LogP contribution is 2.20. The number of pyridine rings is 1. The van der Waals surface area contributed by atoms with Crippen LogP contribution in [0, 0.1) is 0 Å². The van der Waals surface area contributed by atoms with Crippen molar-refractivity contribution in [1.29, 1.82) is 0 Å². The van der Waals surface area contributed by atoms with Crippen LogP contribution in [0.2, 0.25) is 0 Å². The molecule has 4 heteroatoms. The van der Waals surface area contributed by atoms with Crippen LogP contribution < -0.4 is 5.32 Å². The van der Waals surface area contributed by atoms with Gasteiger partial charge in [-0.3, -0.25) is 0 Å². The van der Waals surface area contributed by atoms with E-state index in [4.69, 9.17) is 5.11 Å². The third kappa shape index (κ3) is 3.30. The van der Waals surface area contributed by atoms with Crippen LogP contribution in [0.3, 0.4) is 0 Å². The van der Waals surface area contributed by atoms with E-state index in [1.165, 1.54) is 0 Å². The Morgan fingerprint density at radius 2 is 1.91 bits per heavy atom. The Hall–Kier alpha value is -3.14. The maximum Gasteiger partial charge on any atom is 0.328 e. The summed E-state index contributed by atoms with van der Waals surface area (Å²) in [5.74, 6) is -0.215. The van der Waals surface area contributed by atoms with Crippen molar-refractivity contribution in [3.05, 3.63) is 72.3 Å². The van der Waals surface area contributed by atoms with Gasteiger partial charge in [-0.1, -0.05) is 30.3 Å². The fourth-order valence-electron chi connectivity index (χ4n) is 2.17. The molecule has 0 unspecified atom stereocenters. The van der Waals surface area contributed by atoms with Crippen LogP contribution in [0.25, 0.3) is 17.0 Å². The van der Waals surface area contributed by atoms with E-state index < -0.39 is 5.97 Å². The molecule has 0 bridgehead atoms. The molecule has 2 N–H and O–H groups in total. The van der Waals surface area contributed by atoms with Crippen molar-refractivity contribution in [2.45, 2.75) is 0 Å². The predicted molar refractivity (Wildman–Crippen MR) is 88.1 cm³/mol. The lowest BCUT2D eigenvalue weighted by molar-refractivity contribution is -0.131. The molecule has 0 aliphatic carbocycles. The molecule has 0 saturated carbocycles. The van der Waals surface area contributed by atoms with Crippen LogP contribution in [-0.4, -0.2) is 16.1 Å². The minimum Gasteiger partial charge on any atom is -0.478 e. The summed E-state index contributed by atoms with van der Waals surface area (Å²) in [6, 6.07) is 19.3. The average molecular weight is 290 g/mol. The minimum absolute atomic E-state index is 0.748. The van der Waals surface area contributed by atoms with E-state index in [9.17, 15) is 4.79 Å². The van der Waals surface area contributed by atoms with E-state index in [-0.39, 0.29) is 0 Å². The maximum atomic E-state index is 10.6. The van der Waals surface area contributed by atoms with E-state index in [0.717, 1.165) is 34.0 Å². The number of carbonyl (C=O) groups is 1. The van der Waals surface area contributed by atoms with Gasteiger partial charge in [0.2, 0.25) is 0 Å². The molecule has 3 rings (SSSR count). The molecule has 0 spiro atoms. The lowest BCUT2D eigenvalue weighted by Crippen LogP contribution is -1.94. The number of rotatable bonds is 4. The molecule has 0 aliphatic heterocycles. The van der Waals surface area contributed by atoms with E-state index in [1.807, 2.05) is 60.7 Å². The molecule has 0 atom stereocenters. The van der Waals surface area contributed by atoms with E-state index in [1.54, 1.807) is 6.08 Å². The fraction of sp³-hybridized carbons (Fsp3) is 0. The lowest BCUT2D eigenvalue weighted by atomic mass is 10.2. The summed E-state index contributed by atoms with van der Waals surface area (Å²) in [5.41, 5.74) is 2.60. The smallest absolute Gasteiger partial charge is 0.328 e. The Bertz CT molecular complexity index is 856. The first-order chi connectivity index (χ1) is 10.7. The van der Waals surface area contributed by atoms with Crippen molar-refractivity contribution >= 4 is 34.5 Å². The molecule has 0 aliphatic rings. The van der Waals surface area contributed by atoms with Gasteiger partial charge in [-0.2, -0.15) is 0 Å². The first-order valence-electron chi connectivity index (χ1n) is 6.85. The Kier molecular flexibility index (Phi) is 3.83. The van der Waals surface area contributed by atoms with Crippen LogP contribution in [0.5, 0.6) is 0 Å². The summed E-state index contributed by atoms with van der Waals surface area (Å²) < 4.78 is 0. The number of para-hydroxylation sites is 1. The number of hydrogen-bond acceptors (Lipinski definition) is 3. The van der Waals surface area contributed by atoms with Crippen LogP contribution in [-0.2, 0) is 4.79 Å². The molecule has 1 aromatic heterocycles. The van der Waals surface area contributed by atoms with Gasteiger partial charge in [-0.05, 0) is 42.0 Å². The van der Waals surface area contributed by atoms with Gasteiger partial charge in [-0.15, -0.1) is 0 Å². The van der Waals surface area contributed by atoms with E-state index >= 15 is 0 Å². The van der Waals surface area contributed by atoms with Gasteiger partial charge >= 0.3 is 5.97 Å². The second kappa shape index (κ2) is 6.10. The third-order valence-corrected chi connectivity index (χ3v) is 3.18. The number of aromatic nitrogens is 1. The van der Waals surface area contributed by atoms with Gasteiger partial charge < -0.3 is 10.4 Å². The molecular formula is C18H14N2O2. The zero-order valence-corrected chi connectivity index (χ0v) is 11.7. The molecule has 22 heavy (non-hydrogen) atoms. The zero-order chi connectivity index (χ0) is 15.4. The quantitative estimate of drug-likeness (QED) is 0.711. The summed E-state index contributed by atoms with van der Waals surface area (Å²) >= 11 is 0. The van der Waals surface area contributed by atoms with E-state index in [2.05, 4.69) is 10.3 Å². The van der Waals surface area contributed by atoms with Crippen LogP contribution in [0.15, 0.2) is 66.7 Å². The Balaban J connectivity index is 1.85. The highest BCUT2D eigenvalue weighted by Gasteiger charge is 1.99. The largest absolute Gasteiger partial charge is 0.478 e.